The van der Waals surface area contributed by atoms with Crippen LogP contribution in [-0.4, -0.2) is 21.1 Å². The summed E-state index contributed by atoms with van der Waals surface area (Å²) in [4.78, 5) is 29.8. The van der Waals surface area contributed by atoms with Crippen LogP contribution in [0.5, 0.6) is 0 Å². The second kappa shape index (κ2) is 5.99. The van der Waals surface area contributed by atoms with Crippen LogP contribution in [0.3, 0.4) is 0 Å². The van der Waals surface area contributed by atoms with Crippen LogP contribution in [0, 0.1) is 0 Å². The van der Waals surface area contributed by atoms with E-state index >= 15 is 0 Å². The molecule has 0 bridgehead atoms. The Hall–Kier alpha value is -2.84. The summed E-state index contributed by atoms with van der Waals surface area (Å²) in [6, 6.07) is 10.8. The molecule has 24 heavy (non-hydrogen) atoms. The van der Waals surface area contributed by atoms with Gasteiger partial charge in [0.05, 0.1) is 16.0 Å². The predicted molar refractivity (Wildman–Crippen MR) is 95.7 cm³/mol. The largest absolute Gasteiger partial charge is 0.296 e. The highest BCUT2D eigenvalue weighted by molar-refractivity contribution is 7.16. The molecule has 0 radical (unpaired) electrons. The Kier molecular flexibility index (Phi) is 3.68. The zero-order chi connectivity index (χ0) is 16.5. The Balaban J connectivity index is 1.66. The third kappa shape index (κ3) is 2.61. The molecule has 6 nitrogen and oxygen atoms in total. The Morgan fingerprint density at radius 1 is 1.08 bits per heavy atom. The number of aromatic amines is 1. The summed E-state index contributed by atoms with van der Waals surface area (Å²) in [7, 11) is 0. The van der Waals surface area contributed by atoms with Crippen molar-refractivity contribution < 1.29 is 4.79 Å². The van der Waals surface area contributed by atoms with Crippen LogP contribution >= 0.6 is 22.7 Å². The summed E-state index contributed by atoms with van der Waals surface area (Å²) >= 11 is 2.93. The average Bonchev–Trinajstić information content (AvgIpc) is 3.26. The van der Waals surface area contributed by atoms with Crippen molar-refractivity contribution in [3.63, 3.8) is 0 Å². The molecule has 0 fully saturated rings. The van der Waals surface area contributed by atoms with Crippen molar-refractivity contribution in [2.24, 2.45) is 0 Å². The number of hydrogen-bond donors (Lipinski definition) is 2. The van der Waals surface area contributed by atoms with Crippen LogP contribution in [-0.2, 0) is 0 Å². The Morgan fingerprint density at radius 2 is 1.92 bits per heavy atom. The first-order valence-electron chi connectivity index (χ1n) is 7.00. The van der Waals surface area contributed by atoms with Crippen LogP contribution in [0.4, 0.5) is 5.13 Å². The van der Waals surface area contributed by atoms with E-state index in [1.807, 2.05) is 22.9 Å². The number of hydrogen-bond acceptors (Lipinski definition) is 6. The summed E-state index contributed by atoms with van der Waals surface area (Å²) in [5.41, 5.74) is 0.666. The van der Waals surface area contributed by atoms with Crippen molar-refractivity contribution in [1.82, 2.24) is 15.2 Å². The fourth-order valence-corrected chi connectivity index (χ4v) is 3.78. The van der Waals surface area contributed by atoms with Gasteiger partial charge in [0.1, 0.15) is 0 Å². The van der Waals surface area contributed by atoms with Gasteiger partial charge >= 0.3 is 0 Å². The maximum atomic E-state index is 12.5. The number of amides is 1. The summed E-state index contributed by atoms with van der Waals surface area (Å²) in [6.45, 7) is 0. The molecule has 0 aliphatic carbocycles. The molecular weight excluding hydrogens is 344 g/mol. The van der Waals surface area contributed by atoms with Gasteiger partial charge in [-0.15, -0.1) is 22.7 Å². The molecule has 118 valence electrons. The summed E-state index contributed by atoms with van der Waals surface area (Å²) in [5, 5.41) is 14.3. The zero-order valence-electron chi connectivity index (χ0n) is 12.1. The summed E-state index contributed by atoms with van der Waals surface area (Å²) in [5.74, 6) is -0.408. The van der Waals surface area contributed by atoms with Crippen LogP contribution in [0.15, 0.2) is 52.0 Å². The van der Waals surface area contributed by atoms with Crippen molar-refractivity contribution in [2.75, 3.05) is 5.32 Å². The van der Waals surface area contributed by atoms with E-state index in [1.165, 1.54) is 11.3 Å². The van der Waals surface area contributed by atoms with E-state index in [1.54, 1.807) is 35.6 Å². The number of nitrogens with zero attached hydrogens (tertiary/aromatic N) is 2. The fourth-order valence-electron chi connectivity index (χ4n) is 2.31. The number of carbonyl (C=O) groups excluding carboxylic acids is 1. The molecule has 1 aromatic carbocycles. The fraction of sp³-hybridized carbons (Fsp3) is 0. The van der Waals surface area contributed by atoms with Gasteiger partial charge in [-0.2, -0.15) is 5.10 Å². The quantitative estimate of drug-likeness (QED) is 0.590. The lowest BCUT2D eigenvalue weighted by atomic mass is 10.1. The Labute approximate surface area is 143 Å². The number of thiophene rings is 1. The maximum Gasteiger partial charge on any atom is 0.278 e. The third-order valence-corrected chi connectivity index (χ3v) is 5.06. The molecule has 0 saturated carbocycles. The second-order valence-corrected chi connectivity index (χ2v) is 6.72. The SMILES string of the molecule is O=C(Nc1nc(-c2cccs2)cs1)c1n[nH]c(=O)c2ccccc12. The average molecular weight is 354 g/mol. The van der Waals surface area contributed by atoms with Crippen molar-refractivity contribution in [3.05, 3.63) is 63.2 Å². The first kappa shape index (κ1) is 14.7. The zero-order valence-corrected chi connectivity index (χ0v) is 13.8. The third-order valence-electron chi connectivity index (χ3n) is 3.41. The van der Waals surface area contributed by atoms with Crippen LogP contribution in [0.1, 0.15) is 10.5 Å². The number of anilines is 1. The number of nitrogens with one attached hydrogen (secondary N) is 2. The molecule has 0 spiro atoms. The number of thiazole rings is 1. The standard InChI is InChI=1S/C16H10N4O2S2/c21-14-10-5-2-1-4-9(10)13(19-20-14)15(22)18-16-17-11(8-24-16)12-6-3-7-23-12/h1-8H,(H,20,21)(H,17,18,22). The van der Waals surface area contributed by atoms with E-state index in [9.17, 15) is 9.59 Å². The lowest BCUT2D eigenvalue weighted by Crippen LogP contribution is -2.19. The van der Waals surface area contributed by atoms with Crippen molar-refractivity contribution in [2.45, 2.75) is 0 Å². The van der Waals surface area contributed by atoms with E-state index in [4.69, 9.17) is 0 Å². The molecule has 0 unspecified atom stereocenters. The molecule has 0 aliphatic heterocycles. The molecule has 0 atom stereocenters. The first-order valence-corrected chi connectivity index (χ1v) is 8.76. The molecular formula is C16H10N4O2S2. The van der Waals surface area contributed by atoms with E-state index in [0.29, 0.717) is 15.9 Å². The number of carbonyl (C=O) groups is 1. The summed E-state index contributed by atoms with van der Waals surface area (Å²) < 4.78 is 0. The number of fused-ring (bicyclic) bond motifs is 1. The first-order chi connectivity index (χ1) is 11.7. The van der Waals surface area contributed by atoms with Gasteiger partial charge < -0.3 is 0 Å². The molecule has 4 aromatic rings. The van der Waals surface area contributed by atoms with Gasteiger partial charge in [0.2, 0.25) is 0 Å². The topological polar surface area (TPSA) is 87.7 Å². The number of rotatable bonds is 3. The highest BCUT2D eigenvalue weighted by Gasteiger charge is 2.16. The predicted octanol–water partition coefficient (Wildman–Crippen LogP) is 3.36. The Bertz CT molecular complexity index is 1080. The highest BCUT2D eigenvalue weighted by Crippen LogP contribution is 2.28. The number of benzene rings is 1. The molecule has 1 amide bonds. The second-order valence-electron chi connectivity index (χ2n) is 4.92. The van der Waals surface area contributed by atoms with E-state index in [2.05, 4.69) is 20.5 Å². The maximum absolute atomic E-state index is 12.5. The van der Waals surface area contributed by atoms with Crippen molar-refractivity contribution in [1.29, 1.82) is 0 Å². The van der Waals surface area contributed by atoms with Gasteiger partial charge in [-0.1, -0.05) is 24.3 Å². The normalized spacial score (nSPS) is 10.8. The van der Waals surface area contributed by atoms with Crippen molar-refractivity contribution >= 4 is 44.5 Å². The highest BCUT2D eigenvalue weighted by atomic mass is 32.1. The van der Waals surface area contributed by atoms with Gasteiger partial charge in [-0.05, 0) is 17.5 Å². The van der Waals surface area contributed by atoms with E-state index < -0.39 is 5.91 Å². The summed E-state index contributed by atoms with van der Waals surface area (Å²) in [6.07, 6.45) is 0. The van der Waals surface area contributed by atoms with Crippen LogP contribution in [0.2, 0.25) is 0 Å². The molecule has 3 heterocycles. The number of aromatic nitrogens is 3. The monoisotopic (exact) mass is 354 g/mol. The smallest absolute Gasteiger partial charge is 0.278 e. The molecule has 0 saturated heterocycles. The van der Waals surface area contributed by atoms with Gasteiger partial charge in [-0.25, -0.2) is 10.1 Å². The van der Waals surface area contributed by atoms with Gasteiger partial charge in [0.25, 0.3) is 11.5 Å². The van der Waals surface area contributed by atoms with Gasteiger partial charge in [0.15, 0.2) is 10.8 Å². The molecule has 8 heteroatoms. The van der Waals surface area contributed by atoms with Gasteiger partial charge in [-0.3, -0.25) is 14.9 Å². The minimum Gasteiger partial charge on any atom is -0.296 e. The van der Waals surface area contributed by atoms with E-state index in [0.717, 1.165) is 10.6 Å². The molecule has 0 aliphatic rings. The van der Waals surface area contributed by atoms with Gasteiger partial charge in [0, 0.05) is 10.8 Å². The van der Waals surface area contributed by atoms with Crippen LogP contribution < -0.4 is 10.9 Å². The number of H-pyrrole nitrogens is 1. The van der Waals surface area contributed by atoms with E-state index in [-0.39, 0.29) is 11.3 Å². The van der Waals surface area contributed by atoms with Crippen molar-refractivity contribution in [3.8, 4) is 10.6 Å². The minimum atomic E-state index is -0.408. The molecule has 4 rings (SSSR count). The van der Waals surface area contributed by atoms with Crippen LogP contribution in [0.25, 0.3) is 21.3 Å². The Morgan fingerprint density at radius 3 is 2.71 bits per heavy atom. The molecule has 3 aromatic heterocycles. The lowest BCUT2D eigenvalue weighted by Gasteiger charge is -2.04. The minimum absolute atomic E-state index is 0.165. The molecule has 2 N–H and O–H groups in total. The lowest BCUT2D eigenvalue weighted by molar-refractivity contribution is 0.102.